The van der Waals surface area contributed by atoms with E-state index in [1.807, 2.05) is 6.92 Å². The molecule has 4 heteroatoms. The smallest absolute Gasteiger partial charge is 0.266 e. The minimum absolute atomic E-state index is 0.264. The fourth-order valence-electron chi connectivity index (χ4n) is 3.23. The molecule has 3 nitrogen and oxygen atoms in total. The molecule has 0 saturated heterocycles. The summed E-state index contributed by atoms with van der Waals surface area (Å²) in [5.41, 5.74) is 1.05. The Labute approximate surface area is 108 Å². The quantitative estimate of drug-likeness (QED) is 0.787. The second kappa shape index (κ2) is 4.35. The van der Waals surface area contributed by atoms with Crippen molar-refractivity contribution in [2.75, 3.05) is 6.61 Å². The molecule has 0 aliphatic heterocycles. The fraction of sp³-hybridized carbons (Fsp3) is 0.571. The first-order valence-electron chi connectivity index (χ1n) is 6.52. The fourth-order valence-corrected chi connectivity index (χ4v) is 4.17. The highest BCUT2D eigenvalue weighted by molar-refractivity contribution is 7.86. The van der Waals surface area contributed by atoms with Crippen LogP contribution in [0.2, 0.25) is 0 Å². The van der Waals surface area contributed by atoms with Crippen molar-refractivity contribution in [1.82, 2.24) is 0 Å². The van der Waals surface area contributed by atoms with Gasteiger partial charge in [0.05, 0.1) is 11.5 Å². The molecule has 3 aliphatic carbocycles. The summed E-state index contributed by atoms with van der Waals surface area (Å²) in [6.07, 6.45) is 3.78. The van der Waals surface area contributed by atoms with Crippen LogP contribution in [0.15, 0.2) is 29.2 Å². The van der Waals surface area contributed by atoms with Crippen LogP contribution < -0.4 is 0 Å². The van der Waals surface area contributed by atoms with Gasteiger partial charge < -0.3 is 0 Å². The highest BCUT2D eigenvalue weighted by Gasteiger charge is 2.46. The molecule has 3 saturated carbocycles. The molecule has 0 unspecified atom stereocenters. The lowest BCUT2D eigenvalue weighted by Gasteiger charge is -2.35. The monoisotopic (exact) mass is 266 g/mol. The van der Waals surface area contributed by atoms with Crippen molar-refractivity contribution in [3.05, 3.63) is 29.8 Å². The molecule has 0 aromatic heterocycles. The maximum absolute atomic E-state index is 12.0. The third-order valence-corrected chi connectivity index (χ3v) is 5.75. The van der Waals surface area contributed by atoms with Gasteiger partial charge in [-0.15, -0.1) is 0 Å². The topological polar surface area (TPSA) is 43.4 Å². The lowest BCUT2D eigenvalue weighted by atomic mass is 9.73. The van der Waals surface area contributed by atoms with Crippen molar-refractivity contribution in [2.24, 2.45) is 17.8 Å². The van der Waals surface area contributed by atoms with Gasteiger partial charge in [0.15, 0.2) is 0 Å². The van der Waals surface area contributed by atoms with E-state index in [1.165, 1.54) is 19.3 Å². The highest BCUT2D eigenvalue weighted by atomic mass is 32.2. The van der Waals surface area contributed by atoms with E-state index >= 15 is 0 Å². The molecule has 18 heavy (non-hydrogen) atoms. The number of fused-ring (bicyclic) bond motifs is 1. The van der Waals surface area contributed by atoms with E-state index in [0.29, 0.717) is 24.4 Å². The van der Waals surface area contributed by atoms with Gasteiger partial charge in [-0.1, -0.05) is 17.7 Å². The van der Waals surface area contributed by atoms with Crippen LogP contribution in [-0.4, -0.2) is 15.0 Å². The van der Waals surface area contributed by atoms with E-state index in [4.69, 9.17) is 4.18 Å². The standard InChI is InChI=1S/C14H18O3S/c1-10-2-6-13(7-3-10)18(15,16)17-9-14-11-4-5-12(14)8-11/h2-3,6-7,11-12,14H,4-5,8-9H2,1H3/t11-,12-/m1/s1. The molecule has 98 valence electrons. The highest BCUT2D eigenvalue weighted by Crippen LogP contribution is 2.53. The van der Waals surface area contributed by atoms with Crippen molar-refractivity contribution in [3.63, 3.8) is 0 Å². The Morgan fingerprint density at radius 1 is 1.17 bits per heavy atom. The molecular formula is C14H18O3S. The van der Waals surface area contributed by atoms with Gasteiger partial charge in [-0.2, -0.15) is 8.42 Å². The summed E-state index contributed by atoms with van der Waals surface area (Å²) in [5, 5.41) is 0. The average molecular weight is 266 g/mol. The summed E-state index contributed by atoms with van der Waals surface area (Å²) >= 11 is 0. The second-order valence-corrected chi connectivity index (χ2v) is 7.16. The summed E-state index contributed by atoms with van der Waals surface area (Å²) < 4.78 is 29.2. The number of benzene rings is 1. The van der Waals surface area contributed by atoms with Crippen LogP contribution in [0.3, 0.4) is 0 Å². The average Bonchev–Trinajstić information content (AvgIpc) is 2.92. The first kappa shape index (κ1) is 12.2. The van der Waals surface area contributed by atoms with Crippen molar-refractivity contribution >= 4 is 10.1 Å². The third kappa shape index (κ3) is 2.08. The molecule has 1 aromatic carbocycles. The predicted octanol–water partition coefficient (Wildman–Crippen LogP) is 2.75. The molecule has 3 aliphatic rings. The van der Waals surface area contributed by atoms with Crippen LogP contribution >= 0.6 is 0 Å². The summed E-state index contributed by atoms with van der Waals surface area (Å²) in [6, 6.07) is 6.81. The minimum atomic E-state index is -3.57. The van der Waals surface area contributed by atoms with E-state index in [0.717, 1.165) is 5.56 Å². The van der Waals surface area contributed by atoms with Gasteiger partial charge in [0, 0.05) is 0 Å². The Kier molecular flexibility index (Phi) is 2.94. The third-order valence-electron chi connectivity index (χ3n) is 4.45. The van der Waals surface area contributed by atoms with Crippen LogP contribution in [-0.2, 0) is 14.3 Å². The van der Waals surface area contributed by atoms with E-state index < -0.39 is 10.1 Å². The van der Waals surface area contributed by atoms with E-state index in [-0.39, 0.29) is 4.90 Å². The van der Waals surface area contributed by atoms with E-state index in [9.17, 15) is 8.42 Å². The number of aryl methyl sites for hydroxylation is 1. The molecule has 4 rings (SSSR count). The summed E-state index contributed by atoms with van der Waals surface area (Å²) in [4.78, 5) is 0.264. The van der Waals surface area contributed by atoms with Gasteiger partial charge in [0.25, 0.3) is 10.1 Å². The molecule has 1 aromatic rings. The van der Waals surface area contributed by atoms with Crippen LogP contribution in [0.4, 0.5) is 0 Å². The van der Waals surface area contributed by atoms with Crippen LogP contribution in [0.25, 0.3) is 0 Å². The van der Waals surface area contributed by atoms with Crippen LogP contribution in [0, 0.1) is 24.7 Å². The lowest BCUT2D eigenvalue weighted by molar-refractivity contribution is 0.0922. The molecule has 0 heterocycles. The summed E-state index contributed by atoms with van der Waals surface area (Å²) in [5.74, 6) is 1.90. The van der Waals surface area contributed by atoms with Gasteiger partial charge in [0.1, 0.15) is 0 Å². The molecule has 0 radical (unpaired) electrons. The predicted molar refractivity (Wildman–Crippen MR) is 68.6 cm³/mol. The lowest BCUT2D eigenvalue weighted by Crippen LogP contribution is -2.32. The molecular weight excluding hydrogens is 248 g/mol. The van der Waals surface area contributed by atoms with Gasteiger partial charge in [0.2, 0.25) is 0 Å². The Morgan fingerprint density at radius 3 is 2.33 bits per heavy atom. The maximum atomic E-state index is 12.0. The Hall–Kier alpha value is -0.870. The van der Waals surface area contributed by atoms with Gasteiger partial charge >= 0.3 is 0 Å². The van der Waals surface area contributed by atoms with Crippen molar-refractivity contribution in [1.29, 1.82) is 0 Å². The molecule has 0 amide bonds. The summed E-state index contributed by atoms with van der Waals surface area (Å²) in [6.45, 7) is 2.30. The maximum Gasteiger partial charge on any atom is 0.296 e. The minimum Gasteiger partial charge on any atom is -0.266 e. The molecule has 0 spiro atoms. The molecule has 2 bridgehead atoms. The Morgan fingerprint density at radius 2 is 1.78 bits per heavy atom. The normalized spacial score (nSPS) is 30.2. The zero-order chi connectivity index (χ0) is 12.8. The van der Waals surface area contributed by atoms with Crippen molar-refractivity contribution < 1.29 is 12.6 Å². The Bertz CT molecular complexity index is 519. The largest absolute Gasteiger partial charge is 0.296 e. The van der Waals surface area contributed by atoms with E-state index in [1.54, 1.807) is 24.3 Å². The van der Waals surface area contributed by atoms with Crippen LogP contribution in [0.1, 0.15) is 24.8 Å². The second-order valence-electron chi connectivity index (χ2n) is 5.55. The zero-order valence-corrected chi connectivity index (χ0v) is 11.3. The van der Waals surface area contributed by atoms with Gasteiger partial charge in [-0.05, 0) is 56.1 Å². The van der Waals surface area contributed by atoms with Crippen LogP contribution in [0.5, 0.6) is 0 Å². The number of hydrogen-bond donors (Lipinski definition) is 0. The molecule has 3 fully saturated rings. The van der Waals surface area contributed by atoms with Gasteiger partial charge in [-0.25, -0.2) is 0 Å². The first-order valence-corrected chi connectivity index (χ1v) is 7.93. The molecule has 0 N–H and O–H groups in total. The molecule has 2 atom stereocenters. The zero-order valence-electron chi connectivity index (χ0n) is 10.5. The Balaban J connectivity index is 1.66. The van der Waals surface area contributed by atoms with Crippen molar-refractivity contribution in [3.8, 4) is 0 Å². The SMILES string of the molecule is Cc1ccc(S(=O)(=O)OCC2[C@@H]3CC[C@@H]2C3)cc1. The number of rotatable bonds is 4. The van der Waals surface area contributed by atoms with Gasteiger partial charge in [-0.3, -0.25) is 4.18 Å². The van der Waals surface area contributed by atoms with E-state index in [2.05, 4.69) is 0 Å². The summed E-state index contributed by atoms with van der Waals surface area (Å²) in [7, 11) is -3.57. The first-order chi connectivity index (χ1) is 8.56. The van der Waals surface area contributed by atoms with Crippen molar-refractivity contribution in [2.45, 2.75) is 31.1 Å². The number of hydrogen-bond acceptors (Lipinski definition) is 3.